The first kappa shape index (κ1) is 17.5. The Hall–Kier alpha value is -1.31. The van der Waals surface area contributed by atoms with Crippen LogP contribution in [0.3, 0.4) is 0 Å². The van der Waals surface area contributed by atoms with Crippen LogP contribution >= 0.6 is 11.3 Å². The molecule has 1 saturated heterocycles. The number of thiazole rings is 1. The number of likely N-dealkylation sites (tertiary alicyclic amines) is 1. The molecule has 0 spiro atoms. The van der Waals surface area contributed by atoms with Gasteiger partial charge in [0, 0.05) is 31.1 Å². The minimum Gasteiger partial charge on any atom is -0.393 e. The van der Waals surface area contributed by atoms with Gasteiger partial charge in [-0.3, -0.25) is 4.90 Å². The van der Waals surface area contributed by atoms with Gasteiger partial charge in [0.2, 0.25) is 0 Å². The Morgan fingerprint density at radius 3 is 2.67 bits per heavy atom. The van der Waals surface area contributed by atoms with Crippen molar-refractivity contribution in [2.45, 2.75) is 64.6 Å². The second-order valence-electron chi connectivity index (χ2n) is 7.07. The first-order valence-corrected chi connectivity index (χ1v) is 9.64. The highest BCUT2D eigenvalue weighted by Crippen LogP contribution is 2.25. The first-order valence-electron chi connectivity index (χ1n) is 8.76. The summed E-state index contributed by atoms with van der Waals surface area (Å²) in [4.78, 5) is 7.22. The Kier molecular flexibility index (Phi) is 5.63. The van der Waals surface area contributed by atoms with Gasteiger partial charge in [-0.2, -0.15) is 0 Å². The molecular weight excluding hydrogens is 322 g/mol. The smallest absolute Gasteiger partial charge is 0.107 e. The van der Waals surface area contributed by atoms with E-state index in [2.05, 4.69) is 34.4 Å². The molecule has 1 aliphatic heterocycles. The molecule has 7 heteroatoms. The van der Waals surface area contributed by atoms with Gasteiger partial charge in [0.1, 0.15) is 5.01 Å². The Labute approximate surface area is 147 Å². The third-order valence-electron chi connectivity index (χ3n) is 4.51. The summed E-state index contributed by atoms with van der Waals surface area (Å²) in [5.41, 5.74) is 2.08. The molecule has 1 N–H and O–H groups in total. The van der Waals surface area contributed by atoms with Crippen LogP contribution in [0.25, 0.3) is 0 Å². The van der Waals surface area contributed by atoms with Crippen molar-refractivity contribution in [3.05, 3.63) is 28.0 Å². The summed E-state index contributed by atoms with van der Waals surface area (Å²) in [6, 6.07) is 0.416. The summed E-state index contributed by atoms with van der Waals surface area (Å²) in [6.07, 6.45) is 4.36. The van der Waals surface area contributed by atoms with Gasteiger partial charge in [0.05, 0.1) is 30.1 Å². The summed E-state index contributed by atoms with van der Waals surface area (Å²) in [5.74, 6) is 0.504. The molecule has 1 atom stereocenters. The van der Waals surface area contributed by atoms with E-state index in [0.29, 0.717) is 18.4 Å². The summed E-state index contributed by atoms with van der Waals surface area (Å²) in [5, 5.41) is 21.3. The number of hydrogen-bond acceptors (Lipinski definition) is 6. The highest BCUT2D eigenvalue weighted by Gasteiger charge is 2.22. The van der Waals surface area contributed by atoms with Gasteiger partial charge in [-0.05, 0) is 25.7 Å². The van der Waals surface area contributed by atoms with Crippen LogP contribution in [-0.2, 0) is 13.0 Å². The van der Waals surface area contributed by atoms with E-state index in [1.165, 1.54) is 10.7 Å². The Morgan fingerprint density at radius 2 is 2.04 bits per heavy atom. The van der Waals surface area contributed by atoms with E-state index in [1.54, 1.807) is 18.3 Å². The topological polar surface area (TPSA) is 67.1 Å². The fraction of sp³-hybridized carbons (Fsp3) is 0.706. The molecule has 24 heavy (non-hydrogen) atoms. The normalized spacial score (nSPS) is 18.4. The van der Waals surface area contributed by atoms with E-state index in [0.717, 1.165) is 38.2 Å². The van der Waals surface area contributed by atoms with Crippen LogP contribution in [0.15, 0.2) is 11.6 Å². The second-order valence-corrected chi connectivity index (χ2v) is 8.01. The maximum atomic E-state index is 9.45. The number of aromatic nitrogens is 4. The molecule has 0 saturated carbocycles. The zero-order chi connectivity index (χ0) is 17.1. The first-order chi connectivity index (χ1) is 11.5. The van der Waals surface area contributed by atoms with Gasteiger partial charge in [0.15, 0.2) is 0 Å². The van der Waals surface area contributed by atoms with Crippen LogP contribution in [0, 0.1) is 0 Å². The van der Waals surface area contributed by atoms with E-state index >= 15 is 0 Å². The van der Waals surface area contributed by atoms with Crippen LogP contribution in [0.5, 0.6) is 0 Å². The highest BCUT2D eigenvalue weighted by molar-refractivity contribution is 7.09. The summed E-state index contributed by atoms with van der Waals surface area (Å²) in [6.45, 7) is 9.23. The fourth-order valence-electron chi connectivity index (χ4n) is 3.08. The standard InChI is InChI=1S/C17H27N5OS/c1-12(2)16-11-24-17(18-16)10-21-6-4-15(5-7-21)22-9-14(19-20-22)8-13(3)23/h9,11-13,15,23H,4-8,10H2,1-3H3. The number of rotatable bonds is 6. The summed E-state index contributed by atoms with van der Waals surface area (Å²) in [7, 11) is 0. The lowest BCUT2D eigenvalue weighted by atomic mass is 10.1. The Balaban J connectivity index is 1.50. The number of aliphatic hydroxyl groups is 1. The van der Waals surface area contributed by atoms with Gasteiger partial charge < -0.3 is 5.11 Å². The van der Waals surface area contributed by atoms with Crippen molar-refractivity contribution < 1.29 is 5.11 Å². The van der Waals surface area contributed by atoms with Crippen LogP contribution in [0.4, 0.5) is 0 Å². The molecule has 132 valence electrons. The minimum absolute atomic E-state index is 0.369. The SMILES string of the molecule is CC(O)Cc1cn(C2CCN(Cc3nc(C(C)C)cs3)CC2)nn1. The van der Waals surface area contributed by atoms with Crippen molar-refractivity contribution in [2.24, 2.45) is 0 Å². The third-order valence-corrected chi connectivity index (χ3v) is 5.37. The zero-order valence-electron chi connectivity index (χ0n) is 14.7. The van der Waals surface area contributed by atoms with Crippen molar-refractivity contribution in [1.29, 1.82) is 0 Å². The van der Waals surface area contributed by atoms with E-state index in [-0.39, 0.29) is 6.10 Å². The van der Waals surface area contributed by atoms with Crippen molar-refractivity contribution in [1.82, 2.24) is 24.9 Å². The van der Waals surface area contributed by atoms with Gasteiger partial charge in [0.25, 0.3) is 0 Å². The minimum atomic E-state index is -0.369. The van der Waals surface area contributed by atoms with Crippen LogP contribution in [0.2, 0.25) is 0 Å². The van der Waals surface area contributed by atoms with Crippen molar-refractivity contribution in [3.8, 4) is 0 Å². The van der Waals surface area contributed by atoms with Crippen molar-refractivity contribution in [3.63, 3.8) is 0 Å². The molecule has 0 bridgehead atoms. The molecule has 1 unspecified atom stereocenters. The van der Waals surface area contributed by atoms with Crippen molar-refractivity contribution in [2.75, 3.05) is 13.1 Å². The average molecular weight is 350 g/mol. The number of piperidine rings is 1. The van der Waals surface area contributed by atoms with Gasteiger partial charge >= 0.3 is 0 Å². The molecule has 1 fully saturated rings. The van der Waals surface area contributed by atoms with Crippen molar-refractivity contribution >= 4 is 11.3 Å². The predicted molar refractivity (Wildman–Crippen MR) is 95.2 cm³/mol. The molecule has 3 heterocycles. The zero-order valence-corrected chi connectivity index (χ0v) is 15.5. The highest BCUT2D eigenvalue weighted by atomic mass is 32.1. The number of aliphatic hydroxyl groups excluding tert-OH is 1. The molecule has 0 radical (unpaired) electrons. The lowest BCUT2D eigenvalue weighted by Gasteiger charge is -2.31. The third kappa shape index (κ3) is 4.40. The maximum Gasteiger partial charge on any atom is 0.107 e. The van der Waals surface area contributed by atoms with Crippen LogP contribution in [0.1, 0.15) is 62.0 Å². The lowest BCUT2D eigenvalue weighted by Crippen LogP contribution is -2.34. The predicted octanol–water partition coefficient (Wildman–Crippen LogP) is 2.62. The molecular formula is C17H27N5OS. The molecule has 1 aliphatic rings. The molecule has 0 amide bonds. The number of hydrogen-bond donors (Lipinski definition) is 1. The quantitative estimate of drug-likeness (QED) is 0.868. The fourth-order valence-corrected chi connectivity index (χ4v) is 4.08. The number of nitrogens with zero attached hydrogens (tertiary/aromatic N) is 5. The van der Waals surface area contributed by atoms with E-state index < -0.39 is 0 Å². The van der Waals surface area contributed by atoms with Gasteiger partial charge in [-0.1, -0.05) is 19.1 Å². The van der Waals surface area contributed by atoms with Gasteiger partial charge in [-0.15, -0.1) is 16.4 Å². The Morgan fingerprint density at radius 1 is 1.29 bits per heavy atom. The van der Waals surface area contributed by atoms with Crippen LogP contribution < -0.4 is 0 Å². The molecule has 0 aromatic carbocycles. The van der Waals surface area contributed by atoms with E-state index in [9.17, 15) is 5.11 Å². The van der Waals surface area contributed by atoms with Crippen LogP contribution in [-0.4, -0.2) is 49.2 Å². The lowest BCUT2D eigenvalue weighted by molar-refractivity contribution is 0.172. The molecule has 6 nitrogen and oxygen atoms in total. The van der Waals surface area contributed by atoms with E-state index in [1.807, 2.05) is 10.9 Å². The summed E-state index contributed by atoms with van der Waals surface area (Å²) >= 11 is 1.77. The second kappa shape index (κ2) is 7.72. The monoisotopic (exact) mass is 349 g/mol. The molecule has 0 aliphatic carbocycles. The van der Waals surface area contributed by atoms with E-state index in [4.69, 9.17) is 4.98 Å². The maximum absolute atomic E-state index is 9.45. The molecule has 2 aromatic rings. The molecule has 3 rings (SSSR count). The molecule has 2 aromatic heterocycles. The Bertz CT molecular complexity index is 643. The van der Waals surface area contributed by atoms with Gasteiger partial charge in [-0.25, -0.2) is 9.67 Å². The summed E-state index contributed by atoms with van der Waals surface area (Å²) < 4.78 is 1.98. The largest absolute Gasteiger partial charge is 0.393 e. The average Bonchev–Trinajstić information content (AvgIpc) is 3.17.